The van der Waals surface area contributed by atoms with Gasteiger partial charge in [0, 0.05) is 24.9 Å². The Balaban J connectivity index is 2.11. The van der Waals surface area contributed by atoms with E-state index in [-0.39, 0.29) is 17.0 Å². The maximum absolute atomic E-state index is 12.4. The summed E-state index contributed by atoms with van der Waals surface area (Å²) >= 11 is 1.63. The molecule has 10 heteroatoms. The summed E-state index contributed by atoms with van der Waals surface area (Å²) in [4.78, 5) is 43.6. The van der Waals surface area contributed by atoms with E-state index in [9.17, 15) is 19.5 Å². The summed E-state index contributed by atoms with van der Waals surface area (Å²) in [5.41, 5.74) is -1.11. The Kier molecular flexibility index (Phi) is 4.45. The predicted molar refractivity (Wildman–Crippen MR) is 90.8 cm³/mol. The van der Waals surface area contributed by atoms with Gasteiger partial charge in [-0.2, -0.15) is 0 Å². The van der Waals surface area contributed by atoms with E-state index in [0.717, 1.165) is 10.3 Å². The van der Waals surface area contributed by atoms with Gasteiger partial charge in [-0.05, 0) is 5.41 Å². The molecule has 3 N–H and O–H groups in total. The van der Waals surface area contributed by atoms with Crippen molar-refractivity contribution < 1.29 is 19.8 Å². The number of carbonyl (C=O) groups excluding carboxylic acids is 1. The number of nitrogens with zero attached hydrogens (tertiary/aromatic N) is 3. The molecule has 0 fully saturated rings. The first-order valence-electron chi connectivity index (χ1n) is 7.27. The normalized spacial score (nSPS) is 16.3. The molecule has 2 aromatic rings. The highest BCUT2D eigenvalue weighted by atomic mass is 32.2. The number of aromatic hydroxyl groups is 1. The Morgan fingerprint density at radius 1 is 1.48 bits per heavy atom. The summed E-state index contributed by atoms with van der Waals surface area (Å²) in [7, 11) is 1.42. The summed E-state index contributed by atoms with van der Waals surface area (Å²) < 4.78 is 1.14. The van der Waals surface area contributed by atoms with E-state index in [1.165, 1.54) is 13.2 Å². The minimum absolute atomic E-state index is 0.0187. The molecule has 1 amide bonds. The van der Waals surface area contributed by atoms with Crippen LogP contribution in [0.25, 0.3) is 11.0 Å². The van der Waals surface area contributed by atoms with Crippen molar-refractivity contribution >= 4 is 34.7 Å². The Labute approximate surface area is 145 Å². The number of aliphatic carboxylic acids is 1. The van der Waals surface area contributed by atoms with Crippen molar-refractivity contribution in [1.82, 2.24) is 19.9 Å². The van der Waals surface area contributed by atoms with E-state index in [0.29, 0.717) is 5.82 Å². The number of carboxylic acid groups (broad SMARTS) is 1. The van der Waals surface area contributed by atoms with Gasteiger partial charge >= 0.3 is 5.97 Å². The maximum Gasteiger partial charge on any atom is 0.322 e. The second-order valence-corrected chi connectivity index (χ2v) is 6.34. The lowest BCUT2D eigenvalue weighted by Gasteiger charge is -2.12. The number of allylic oxidation sites excluding steroid dienone is 1. The third kappa shape index (κ3) is 3.07. The number of nitrogens with one attached hydrogen (secondary N) is 1. The highest BCUT2D eigenvalue weighted by Crippen LogP contribution is 2.30. The Morgan fingerprint density at radius 2 is 2.24 bits per heavy atom. The van der Waals surface area contributed by atoms with Crippen LogP contribution in [0.5, 0.6) is 5.75 Å². The molecule has 0 bridgehead atoms. The SMILES string of the molecule is Cn1c(=O)c(C(=O)NCC(=O)O)c(O)c2cnc(C3C=CSC3)nc21. The fourth-order valence-electron chi connectivity index (χ4n) is 2.46. The van der Waals surface area contributed by atoms with E-state index >= 15 is 0 Å². The first-order valence-corrected chi connectivity index (χ1v) is 8.32. The minimum Gasteiger partial charge on any atom is -0.506 e. The number of carbonyl (C=O) groups is 2. The number of hydrogen-bond donors (Lipinski definition) is 3. The molecule has 3 rings (SSSR count). The van der Waals surface area contributed by atoms with Crippen LogP contribution in [0.3, 0.4) is 0 Å². The standard InChI is InChI=1S/C15H14N4O5S/c1-19-13-8(4-16-12(18-13)7-2-3-25-6-7)11(22)10(15(19)24)14(23)17-5-9(20)21/h2-4,7,22H,5-6H2,1H3,(H,17,23)(H,20,21). The Hall–Kier alpha value is -2.88. The molecule has 130 valence electrons. The van der Waals surface area contributed by atoms with Crippen molar-refractivity contribution in [1.29, 1.82) is 0 Å². The largest absolute Gasteiger partial charge is 0.506 e. The van der Waals surface area contributed by atoms with E-state index in [1.807, 2.05) is 11.5 Å². The topological polar surface area (TPSA) is 134 Å². The van der Waals surface area contributed by atoms with E-state index in [1.54, 1.807) is 11.8 Å². The van der Waals surface area contributed by atoms with Gasteiger partial charge in [0.05, 0.1) is 5.39 Å². The summed E-state index contributed by atoms with van der Waals surface area (Å²) in [5, 5.41) is 23.1. The lowest BCUT2D eigenvalue weighted by Crippen LogP contribution is -2.35. The van der Waals surface area contributed by atoms with Gasteiger partial charge in [-0.1, -0.05) is 6.08 Å². The highest BCUT2D eigenvalue weighted by Gasteiger charge is 2.24. The van der Waals surface area contributed by atoms with Crippen molar-refractivity contribution in [2.24, 2.45) is 7.05 Å². The highest BCUT2D eigenvalue weighted by molar-refractivity contribution is 8.02. The number of pyridine rings is 1. The Bertz CT molecular complexity index is 969. The second-order valence-electron chi connectivity index (χ2n) is 5.40. The zero-order valence-corrected chi connectivity index (χ0v) is 13.9. The van der Waals surface area contributed by atoms with Crippen LogP contribution >= 0.6 is 11.8 Å². The molecule has 1 unspecified atom stereocenters. The van der Waals surface area contributed by atoms with Crippen LogP contribution in [-0.2, 0) is 11.8 Å². The average Bonchev–Trinajstić information content (AvgIpc) is 3.12. The fourth-order valence-corrected chi connectivity index (χ4v) is 3.34. The molecule has 1 atom stereocenters. The van der Waals surface area contributed by atoms with Crippen LogP contribution in [0.4, 0.5) is 0 Å². The molecular formula is C15H14N4O5S. The number of aryl methyl sites for hydroxylation is 1. The molecule has 1 aliphatic heterocycles. The maximum atomic E-state index is 12.4. The van der Waals surface area contributed by atoms with Gasteiger partial charge in [-0.25, -0.2) is 9.97 Å². The summed E-state index contributed by atoms with van der Waals surface area (Å²) in [5.74, 6) is -1.47. The molecule has 25 heavy (non-hydrogen) atoms. The molecule has 9 nitrogen and oxygen atoms in total. The zero-order valence-electron chi connectivity index (χ0n) is 13.1. The first-order chi connectivity index (χ1) is 11.9. The molecule has 0 saturated carbocycles. The molecule has 3 heterocycles. The molecule has 0 spiro atoms. The summed E-state index contributed by atoms with van der Waals surface area (Å²) in [6, 6.07) is 0. The molecular weight excluding hydrogens is 348 g/mol. The number of carboxylic acids is 1. The monoisotopic (exact) mass is 362 g/mol. The fraction of sp³-hybridized carbons (Fsp3) is 0.267. The van der Waals surface area contributed by atoms with Gasteiger partial charge in [-0.3, -0.25) is 19.0 Å². The van der Waals surface area contributed by atoms with Crippen LogP contribution in [0, 0.1) is 0 Å². The molecule has 0 aliphatic carbocycles. The Morgan fingerprint density at radius 3 is 2.88 bits per heavy atom. The van der Waals surface area contributed by atoms with Crippen molar-refractivity contribution in [2.45, 2.75) is 5.92 Å². The third-order valence-electron chi connectivity index (χ3n) is 3.76. The molecule has 1 aliphatic rings. The van der Waals surface area contributed by atoms with Gasteiger partial charge < -0.3 is 15.5 Å². The van der Waals surface area contributed by atoms with Crippen LogP contribution in [0.15, 0.2) is 22.5 Å². The smallest absolute Gasteiger partial charge is 0.322 e. The minimum atomic E-state index is -1.26. The molecule has 0 aromatic carbocycles. The third-order valence-corrected chi connectivity index (χ3v) is 4.66. The van der Waals surface area contributed by atoms with Crippen LogP contribution in [-0.4, -0.2) is 48.9 Å². The van der Waals surface area contributed by atoms with Gasteiger partial charge in [0.2, 0.25) is 0 Å². The van der Waals surface area contributed by atoms with Crippen LogP contribution in [0.1, 0.15) is 22.1 Å². The number of aromatic nitrogens is 3. The second kappa shape index (κ2) is 6.55. The van der Waals surface area contributed by atoms with E-state index < -0.39 is 35.3 Å². The van der Waals surface area contributed by atoms with Crippen LogP contribution in [0.2, 0.25) is 0 Å². The number of rotatable bonds is 4. The quantitative estimate of drug-likeness (QED) is 0.702. The number of fused-ring (bicyclic) bond motifs is 1. The van der Waals surface area contributed by atoms with Crippen molar-refractivity contribution in [3.63, 3.8) is 0 Å². The molecule has 0 radical (unpaired) electrons. The van der Waals surface area contributed by atoms with Crippen molar-refractivity contribution in [3.8, 4) is 5.75 Å². The lowest BCUT2D eigenvalue weighted by atomic mass is 10.1. The summed E-state index contributed by atoms with van der Waals surface area (Å²) in [6.07, 6.45) is 3.31. The van der Waals surface area contributed by atoms with E-state index in [4.69, 9.17) is 5.11 Å². The average molecular weight is 362 g/mol. The van der Waals surface area contributed by atoms with Gasteiger partial charge in [-0.15, -0.1) is 11.8 Å². The van der Waals surface area contributed by atoms with Crippen LogP contribution < -0.4 is 10.9 Å². The summed E-state index contributed by atoms with van der Waals surface area (Å²) in [6.45, 7) is -0.666. The predicted octanol–water partition coefficient (Wildman–Crippen LogP) is 0.193. The number of hydrogen-bond acceptors (Lipinski definition) is 7. The number of thioether (sulfide) groups is 1. The van der Waals surface area contributed by atoms with Gasteiger partial charge in [0.15, 0.2) is 0 Å². The van der Waals surface area contributed by atoms with Gasteiger partial charge in [0.1, 0.15) is 29.3 Å². The zero-order chi connectivity index (χ0) is 18.1. The van der Waals surface area contributed by atoms with Crippen molar-refractivity contribution in [3.05, 3.63) is 39.4 Å². The first kappa shape index (κ1) is 17.0. The lowest BCUT2D eigenvalue weighted by molar-refractivity contribution is -0.135. The van der Waals surface area contributed by atoms with Gasteiger partial charge in [0.25, 0.3) is 11.5 Å². The van der Waals surface area contributed by atoms with E-state index in [2.05, 4.69) is 15.3 Å². The van der Waals surface area contributed by atoms with Crippen molar-refractivity contribution in [2.75, 3.05) is 12.3 Å². The molecule has 2 aromatic heterocycles. The molecule has 0 saturated heterocycles. The number of amides is 1.